The van der Waals surface area contributed by atoms with Crippen LogP contribution in [0.5, 0.6) is 0 Å². The second-order valence-corrected chi connectivity index (χ2v) is 26.0. The van der Waals surface area contributed by atoms with E-state index in [1.165, 1.54) is 209 Å². The van der Waals surface area contributed by atoms with Gasteiger partial charge in [0, 0.05) is 45.0 Å². The van der Waals surface area contributed by atoms with Crippen molar-refractivity contribution in [3.05, 3.63) is 276 Å². The second-order valence-electron chi connectivity index (χ2n) is 26.0. The summed E-state index contributed by atoms with van der Waals surface area (Å²) in [5.41, 5.74) is 27.1. The van der Waals surface area contributed by atoms with Crippen LogP contribution in [0.15, 0.2) is 243 Å². The lowest BCUT2D eigenvalue weighted by atomic mass is 9.71. The highest BCUT2D eigenvalue weighted by molar-refractivity contribution is 5.88. The van der Waals surface area contributed by atoms with Crippen molar-refractivity contribution < 1.29 is 0 Å². The standard InChI is InChI=1S/C45H49N.C41H41N/c1-3-5-31-45(32-6-4-2)43-20-14-13-19-41(43)42-30-29-40(33-44(42)45)46(38-25-21-36(22-26-38)34-15-9-7-10-16-34)39-27-23-37(24-28-39)35-17-11-8-12-18-35;1-3-41(4-2)39-18-12-11-17-37(39)38-28-27-36(29-40(38)41)42(34-23-19-32(20-24-34)30-13-7-5-8-14-30)35-25-21-33(22-26-35)31-15-9-6-10-16-31/h7,9-10,13-16,19-30,33,35H,3-6,8,11-12,17-18,31-32H2,1-2H3;5,7-8,11-14,17-29,31H,3-4,6,9-10,15-16H2,1-2H3. The number of unbranched alkanes of at least 4 members (excludes halogenated alkanes) is 2. The van der Waals surface area contributed by atoms with Crippen molar-refractivity contribution in [1.82, 2.24) is 0 Å². The first-order chi connectivity index (χ1) is 43.4. The number of nitrogens with zero attached hydrogens (tertiary/aromatic N) is 2. The van der Waals surface area contributed by atoms with Crippen molar-refractivity contribution in [3.8, 4) is 44.5 Å². The van der Waals surface area contributed by atoms with Gasteiger partial charge in [0.1, 0.15) is 0 Å². The first kappa shape index (κ1) is 58.8. The van der Waals surface area contributed by atoms with Crippen molar-refractivity contribution in [1.29, 1.82) is 0 Å². The molecule has 10 aromatic carbocycles. The van der Waals surface area contributed by atoms with Gasteiger partial charge in [0.2, 0.25) is 0 Å². The van der Waals surface area contributed by atoms with E-state index < -0.39 is 0 Å². The van der Waals surface area contributed by atoms with Gasteiger partial charge in [0.05, 0.1) is 0 Å². The molecule has 0 aliphatic heterocycles. The maximum atomic E-state index is 2.56. The molecule has 4 aliphatic rings. The Morgan fingerprint density at radius 1 is 0.295 bits per heavy atom. The molecule has 2 fully saturated rings. The fraction of sp³-hybridized carbons (Fsp3) is 0.302. The largest absolute Gasteiger partial charge is 0.310 e. The topological polar surface area (TPSA) is 6.48 Å². The molecule has 0 N–H and O–H groups in total. The van der Waals surface area contributed by atoms with E-state index in [0.717, 1.165) is 12.8 Å². The number of hydrogen-bond acceptors (Lipinski definition) is 2. The third kappa shape index (κ3) is 11.5. The Balaban J connectivity index is 0.000000163. The van der Waals surface area contributed by atoms with Gasteiger partial charge in [-0.3, -0.25) is 0 Å². The quantitative estimate of drug-likeness (QED) is 0.0845. The highest BCUT2D eigenvalue weighted by atomic mass is 15.1. The van der Waals surface area contributed by atoms with Crippen molar-refractivity contribution >= 4 is 34.1 Å². The number of benzene rings is 10. The fourth-order valence-corrected chi connectivity index (χ4v) is 16.2. The summed E-state index contributed by atoms with van der Waals surface area (Å²) in [6.45, 7) is 9.38. The van der Waals surface area contributed by atoms with Crippen LogP contribution in [0.4, 0.5) is 34.1 Å². The molecular formula is C86H90N2. The van der Waals surface area contributed by atoms with Crippen molar-refractivity contribution in [2.24, 2.45) is 0 Å². The van der Waals surface area contributed by atoms with Crippen LogP contribution in [-0.2, 0) is 10.8 Å². The minimum Gasteiger partial charge on any atom is -0.310 e. The second kappa shape index (κ2) is 26.6. The molecule has 0 heterocycles. The van der Waals surface area contributed by atoms with Gasteiger partial charge in [-0.25, -0.2) is 0 Å². The highest BCUT2D eigenvalue weighted by Gasteiger charge is 2.43. The molecule has 88 heavy (non-hydrogen) atoms. The third-order valence-electron chi connectivity index (χ3n) is 21.1. The number of fused-ring (bicyclic) bond motifs is 6. The lowest BCUT2D eigenvalue weighted by Crippen LogP contribution is -2.25. The highest BCUT2D eigenvalue weighted by Crippen LogP contribution is 2.57. The van der Waals surface area contributed by atoms with E-state index in [1.807, 2.05) is 0 Å². The van der Waals surface area contributed by atoms with Gasteiger partial charge in [-0.1, -0.05) is 262 Å². The van der Waals surface area contributed by atoms with Crippen LogP contribution in [0.3, 0.4) is 0 Å². The summed E-state index contributed by atoms with van der Waals surface area (Å²) in [7, 11) is 0. The molecule has 10 aromatic rings. The molecule has 0 radical (unpaired) electrons. The number of anilines is 6. The van der Waals surface area contributed by atoms with Gasteiger partial charge in [0.15, 0.2) is 0 Å². The van der Waals surface area contributed by atoms with E-state index in [4.69, 9.17) is 0 Å². The van der Waals surface area contributed by atoms with Crippen LogP contribution in [0.2, 0.25) is 0 Å². The Kier molecular flexibility index (Phi) is 17.8. The maximum Gasteiger partial charge on any atom is 0.0465 e. The molecule has 14 rings (SSSR count). The Bertz CT molecular complexity index is 3890. The molecule has 0 unspecified atom stereocenters. The molecule has 0 atom stereocenters. The molecule has 0 bridgehead atoms. The van der Waals surface area contributed by atoms with Gasteiger partial charge in [-0.05, 0) is 214 Å². The Labute approximate surface area is 527 Å². The molecule has 2 heteroatoms. The van der Waals surface area contributed by atoms with Gasteiger partial charge in [-0.15, -0.1) is 0 Å². The molecule has 0 aromatic heterocycles. The lowest BCUT2D eigenvalue weighted by Gasteiger charge is -2.34. The third-order valence-corrected chi connectivity index (χ3v) is 21.1. The molecule has 4 aliphatic carbocycles. The van der Waals surface area contributed by atoms with Crippen LogP contribution < -0.4 is 9.80 Å². The molecule has 0 amide bonds. The monoisotopic (exact) mass is 1150 g/mol. The maximum absolute atomic E-state index is 2.56. The fourth-order valence-electron chi connectivity index (χ4n) is 16.2. The zero-order chi connectivity index (χ0) is 59.9. The first-order valence-corrected chi connectivity index (χ1v) is 34.0. The van der Waals surface area contributed by atoms with E-state index in [0.29, 0.717) is 11.8 Å². The summed E-state index contributed by atoms with van der Waals surface area (Å²) in [6.07, 6.45) is 23.1. The Hall–Kier alpha value is -8.20. The molecule has 0 spiro atoms. The summed E-state index contributed by atoms with van der Waals surface area (Å²) in [4.78, 5) is 4.95. The van der Waals surface area contributed by atoms with Crippen molar-refractivity contribution in [2.45, 2.75) is 166 Å². The summed E-state index contributed by atoms with van der Waals surface area (Å²) >= 11 is 0. The zero-order valence-electron chi connectivity index (χ0n) is 52.9. The van der Waals surface area contributed by atoms with E-state index in [-0.39, 0.29) is 10.8 Å². The number of hydrogen-bond donors (Lipinski definition) is 0. The lowest BCUT2D eigenvalue weighted by molar-refractivity contribution is 0.414. The molecule has 2 saturated carbocycles. The normalized spacial score (nSPS) is 15.5. The molecule has 2 nitrogen and oxygen atoms in total. The average Bonchev–Trinajstić information content (AvgIpc) is 1.61. The minimum absolute atomic E-state index is 0.0512. The predicted molar refractivity (Wildman–Crippen MR) is 377 cm³/mol. The van der Waals surface area contributed by atoms with Crippen LogP contribution >= 0.6 is 0 Å². The average molecular weight is 1150 g/mol. The van der Waals surface area contributed by atoms with Crippen LogP contribution in [0.25, 0.3) is 44.5 Å². The Morgan fingerprint density at radius 3 is 1.00 bits per heavy atom. The summed E-state index contributed by atoms with van der Waals surface area (Å²) in [6, 6.07) is 91.6. The van der Waals surface area contributed by atoms with Gasteiger partial charge in [-0.2, -0.15) is 0 Å². The molecule has 0 saturated heterocycles. The van der Waals surface area contributed by atoms with E-state index in [1.54, 1.807) is 5.56 Å². The summed E-state index contributed by atoms with van der Waals surface area (Å²) < 4.78 is 0. The number of rotatable bonds is 18. The van der Waals surface area contributed by atoms with Crippen molar-refractivity contribution in [3.63, 3.8) is 0 Å². The van der Waals surface area contributed by atoms with Crippen molar-refractivity contribution in [2.75, 3.05) is 9.80 Å². The Morgan fingerprint density at radius 2 is 0.614 bits per heavy atom. The zero-order valence-corrected chi connectivity index (χ0v) is 52.9. The van der Waals surface area contributed by atoms with Gasteiger partial charge >= 0.3 is 0 Å². The van der Waals surface area contributed by atoms with Gasteiger partial charge in [0.25, 0.3) is 0 Å². The molecular weight excluding hydrogens is 1060 g/mol. The SMILES string of the molecule is CCC1(CC)c2ccccc2-c2ccc(N(c3ccc(-c4ccccc4)cc3)c3ccc(C4CCCCC4)cc3)cc21.CCCCC1(CCCC)c2ccccc2-c2ccc(N(c3ccc(-c4ccccc4)cc3)c3ccc(C4CCCCC4)cc3)cc21. The molecule has 444 valence electrons. The summed E-state index contributed by atoms with van der Waals surface area (Å²) in [5, 5.41) is 0. The van der Waals surface area contributed by atoms with Crippen LogP contribution in [0.1, 0.15) is 188 Å². The summed E-state index contributed by atoms with van der Waals surface area (Å²) in [5.74, 6) is 1.41. The van der Waals surface area contributed by atoms with Crippen LogP contribution in [0, 0.1) is 0 Å². The van der Waals surface area contributed by atoms with E-state index >= 15 is 0 Å². The van der Waals surface area contributed by atoms with E-state index in [9.17, 15) is 0 Å². The predicted octanol–water partition coefficient (Wildman–Crippen LogP) is 25.5. The van der Waals surface area contributed by atoms with Crippen LogP contribution in [-0.4, -0.2) is 0 Å². The first-order valence-electron chi connectivity index (χ1n) is 34.0. The minimum atomic E-state index is 0.0512. The van der Waals surface area contributed by atoms with E-state index in [2.05, 4.69) is 280 Å². The smallest absolute Gasteiger partial charge is 0.0465 e. The van der Waals surface area contributed by atoms with Gasteiger partial charge < -0.3 is 9.80 Å².